The van der Waals surface area contributed by atoms with Crippen LogP contribution in [0.25, 0.3) is 0 Å². The van der Waals surface area contributed by atoms with Crippen molar-refractivity contribution in [3.8, 4) is 0 Å². The maximum absolute atomic E-state index is 13.8. The number of carbonyl (C=O) groups excluding carboxylic acids is 3. The average molecular weight is 418 g/mol. The molecule has 29 heavy (non-hydrogen) atoms. The van der Waals surface area contributed by atoms with Gasteiger partial charge in [-0.2, -0.15) is 0 Å². The van der Waals surface area contributed by atoms with Crippen molar-refractivity contribution >= 4 is 29.4 Å². The zero-order valence-electron chi connectivity index (χ0n) is 16.1. The molecule has 1 unspecified atom stereocenters. The largest absolute Gasteiger partial charge is 0.340 e. The molecule has 0 aliphatic carbocycles. The smallest absolute Gasteiger partial charge is 0.325 e. The molecule has 8 heteroatoms. The van der Waals surface area contributed by atoms with E-state index in [1.807, 2.05) is 0 Å². The molecule has 0 saturated carbocycles. The molecule has 1 aliphatic rings. The first kappa shape index (κ1) is 20.8. The Morgan fingerprint density at radius 1 is 1.17 bits per heavy atom. The minimum atomic E-state index is -1.24. The molecule has 6 nitrogen and oxygen atoms in total. The van der Waals surface area contributed by atoms with E-state index in [-0.39, 0.29) is 6.54 Å². The van der Waals surface area contributed by atoms with Gasteiger partial charge in [-0.1, -0.05) is 48.9 Å². The summed E-state index contributed by atoms with van der Waals surface area (Å²) in [5.41, 5.74) is -0.298. The highest BCUT2D eigenvalue weighted by Crippen LogP contribution is 2.33. The summed E-state index contributed by atoms with van der Waals surface area (Å²) in [5, 5.41) is 3.23. The Balaban J connectivity index is 1.76. The minimum Gasteiger partial charge on any atom is -0.340 e. The monoisotopic (exact) mass is 417 g/mol. The third kappa shape index (κ3) is 3.96. The first-order valence-corrected chi connectivity index (χ1v) is 9.54. The van der Waals surface area contributed by atoms with E-state index in [4.69, 9.17) is 11.6 Å². The molecular formula is C21H21ClFN3O3. The van der Waals surface area contributed by atoms with E-state index in [1.54, 1.807) is 49.4 Å². The summed E-state index contributed by atoms with van der Waals surface area (Å²) in [6, 6.07) is 12.1. The van der Waals surface area contributed by atoms with Crippen LogP contribution in [0.2, 0.25) is 5.02 Å². The van der Waals surface area contributed by atoms with Gasteiger partial charge in [0.2, 0.25) is 5.91 Å². The number of rotatable bonds is 6. The summed E-state index contributed by atoms with van der Waals surface area (Å²) >= 11 is 5.92. The Kier molecular flexibility index (Phi) is 5.88. The second-order valence-electron chi connectivity index (χ2n) is 6.93. The Morgan fingerprint density at radius 3 is 2.45 bits per heavy atom. The number of benzene rings is 2. The number of nitrogens with zero attached hydrogens (tertiary/aromatic N) is 2. The molecule has 1 heterocycles. The Morgan fingerprint density at radius 2 is 1.83 bits per heavy atom. The number of imide groups is 1. The molecule has 4 amide bonds. The van der Waals surface area contributed by atoms with Crippen molar-refractivity contribution in [3.05, 3.63) is 70.5 Å². The van der Waals surface area contributed by atoms with E-state index in [1.165, 1.54) is 18.0 Å². The first-order valence-electron chi connectivity index (χ1n) is 9.16. The zero-order chi connectivity index (χ0) is 21.2. The van der Waals surface area contributed by atoms with Crippen molar-refractivity contribution in [3.63, 3.8) is 0 Å². The highest BCUT2D eigenvalue weighted by Gasteiger charge is 2.51. The number of likely N-dealkylation sites (N-methyl/N-ethyl adjacent to an activating group) is 1. The van der Waals surface area contributed by atoms with Crippen molar-refractivity contribution in [2.24, 2.45) is 0 Å². The van der Waals surface area contributed by atoms with Crippen LogP contribution in [0.4, 0.5) is 9.18 Å². The van der Waals surface area contributed by atoms with Crippen molar-refractivity contribution in [1.29, 1.82) is 0 Å². The predicted molar refractivity (Wildman–Crippen MR) is 107 cm³/mol. The average Bonchev–Trinajstić information content (AvgIpc) is 2.95. The topological polar surface area (TPSA) is 69.7 Å². The quantitative estimate of drug-likeness (QED) is 0.733. The Bertz CT molecular complexity index is 950. The van der Waals surface area contributed by atoms with Gasteiger partial charge < -0.3 is 10.2 Å². The first-order chi connectivity index (χ1) is 13.8. The molecule has 1 aliphatic heterocycles. The standard InChI is InChI=1S/C21H21ClFN3O3/c1-3-21(15-8-10-16(22)11-9-15)19(28)26(20(29)24-21)13-18(27)25(2)12-14-6-4-5-7-17(14)23/h4-11H,3,12-13H2,1-2H3,(H,24,29). The van der Waals surface area contributed by atoms with Gasteiger partial charge in [-0.05, 0) is 30.2 Å². The lowest BCUT2D eigenvalue weighted by molar-refractivity contribution is -0.138. The van der Waals surface area contributed by atoms with E-state index < -0.39 is 35.7 Å². The van der Waals surface area contributed by atoms with Crippen LogP contribution >= 0.6 is 11.6 Å². The summed E-state index contributed by atoms with van der Waals surface area (Å²) < 4.78 is 13.8. The second-order valence-corrected chi connectivity index (χ2v) is 7.36. The van der Waals surface area contributed by atoms with Gasteiger partial charge in [0.1, 0.15) is 17.9 Å². The molecule has 2 aromatic rings. The van der Waals surface area contributed by atoms with E-state index >= 15 is 0 Å². The lowest BCUT2D eigenvalue weighted by atomic mass is 9.87. The number of carbonyl (C=O) groups is 3. The van der Waals surface area contributed by atoms with Gasteiger partial charge in [0.25, 0.3) is 5.91 Å². The highest BCUT2D eigenvalue weighted by atomic mass is 35.5. The van der Waals surface area contributed by atoms with Crippen LogP contribution in [0.1, 0.15) is 24.5 Å². The molecule has 152 valence electrons. The van der Waals surface area contributed by atoms with Crippen molar-refractivity contribution in [1.82, 2.24) is 15.1 Å². The number of amides is 4. The van der Waals surface area contributed by atoms with Gasteiger partial charge >= 0.3 is 6.03 Å². The van der Waals surface area contributed by atoms with Crippen LogP contribution < -0.4 is 5.32 Å². The number of hydrogen-bond acceptors (Lipinski definition) is 3. The Labute approximate surface area is 173 Å². The molecular weight excluding hydrogens is 397 g/mol. The van der Waals surface area contributed by atoms with Crippen LogP contribution in [0.15, 0.2) is 48.5 Å². The van der Waals surface area contributed by atoms with Crippen LogP contribution in [-0.2, 0) is 21.7 Å². The van der Waals surface area contributed by atoms with E-state index in [0.29, 0.717) is 22.6 Å². The van der Waals surface area contributed by atoms with Crippen LogP contribution in [-0.4, -0.2) is 41.2 Å². The summed E-state index contributed by atoms with van der Waals surface area (Å²) in [6.07, 6.45) is 0.314. The fourth-order valence-corrected chi connectivity index (χ4v) is 3.50. The maximum Gasteiger partial charge on any atom is 0.325 e. The lowest BCUT2D eigenvalue weighted by Gasteiger charge is -2.26. The number of halogens is 2. The van der Waals surface area contributed by atoms with Crippen molar-refractivity contribution < 1.29 is 18.8 Å². The molecule has 1 saturated heterocycles. The van der Waals surface area contributed by atoms with E-state index in [0.717, 1.165) is 4.90 Å². The Hall–Kier alpha value is -2.93. The molecule has 2 aromatic carbocycles. The third-order valence-corrected chi connectivity index (χ3v) is 5.38. The minimum absolute atomic E-state index is 0.0330. The van der Waals surface area contributed by atoms with E-state index in [2.05, 4.69) is 5.32 Å². The zero-order valence-corrected chi connectivity index (χ0v) is 16.9. The highest BCUT2D eigenvalue weighted by molar-refractivity contribution is 6.30. The molecule has 0 bridgehead atoms. The normalized spacial score (nSPS) is 18.7. The molecule has 1 fully saturated rings. The van der Waals surface area contributed by atoms with Gasteiger partial charge in [0.05, 0.1) is 0 Å². The molecule has 0 spiro atoms. The molecule has 0 aromatic heterocycles. The molecule has 3 rings (SSSR count). The maximum atomic E-state index is 13.8. The summed E-state index contributed by atoms with van der Waals surface area (Å²) in [5.74, 6) is -1.39. The SMILES string of the molecule is CCC1(c2ccc(Cl)cc2)NC(=O)N(CC(=O)N(C)Cc2ccccc2F)C1=O. The molecule has 1 N–H and O–H groups in total. The van der Waals surface area contributed by atoms with Crippen molar-refractivity contribution in [2.75, 3.05) is 13.6 Å². The van der Waals surface area contributed by atoms with Crippen LogP contribution in [0.5, 0.6) is 0 Å². The van der Waals surface area contributed by atoms with Crippen LogP contribution in [0, 0.1) is 5.82 Å². The predicted octanol–water partition coefficient (Wildman–Crippen LogP) is 3.29. The third-order valence-electron chi connectivity index (χ3n) is 5.13. The van der Waals surface area contributed by atoms with Gasteiger partial charge in [-0.15, -0.1) is 0 Å². The summed E-state index contributed by atoms with van der Waals surface area (Å²) in [4.78, 5) is 40.4. The van der Waals surface area contributed by atoms with Crippen molar-refractivity contribution in [2.45, 2.75) is 25.4 Å². The lowest BCUT2D eigenvalue weighted by Crippen LogP contribution is -2.45. The van der Waals surface area contributed by atoms with Gasteiger partial charge in [0.15, 0.2) is 0 Å². The fourth-order valence-electron chi connectivity index (χ4n) is 3.37. The number of hydrogen-bond donors (Lipinski definition) is 1. The number of nitrogens with one attached hydrogen (secondary N) is 1. The summed E-state index contributed by atoms with van der Waals surface area (Å²) in [6.45, 7) is 1.39. The van der Waals surface area contributed by atoms with E-state index in [9.17, 15) is 18.8 Å². The van der Waals surface area contributed by atoms with Gasteiger partial charge in [-0.25, -0.2) is 9.18 Å². The molecule has 0 radical (unpaired) electrons. The van der Waals surface area contributed by atoms with Gasteiger partial charge in [0, 0.05) is 24.2 Å². The summed E-state index contributed by atoms with van der Waals surface area (Å²) in [7, 11) is 1.50. The number of urea groups is 1. The molecule has 1 atom stereocenters. The second kappa shape index (κ2) is 8.21. The van der Waals surface area contributed by atoms with Gasteiger partial charge in [-0.3, -0.25) is 14.5 Å². The fraction of sp³-hybridized carbons (Fsp3) is 0.286. The van der Waals surface area contributed by atoms with Crippen LogP contribution in [0.3, 0.4) is 0 Å².